The molecule has 0 spiro atoms. The molecule has 5 heteroatoms. The molecule has 1 aliphatic carbocycles. The smallest absolute Gasteiger partial charge is 0.340 e. The first kappa shape index (κ1) is 18.7. The van der Waals surface area contributed by atoms with Gasteiger partial charge in [-0.25, -0.2) is 0 Å². The summed E-state index contributed by atoms with van der Waals surface area (Å²) in [5, 5.41) is 11.5. The molecule has 23 heavy (non-hydrogen) atoms. The van der Waals surface area contributed by atoms with Crippen molar-refractivity contribution in [3.05, 3.63) is 35.9 Å². The van der Waals surface area contributed by atoms with Crippen molar-refractivity contribution >= 4 is 7.60 Å². The summed E-state index contributed by atoms with van der Waals surface area (Å²) in [6.07, 6.45) is 3.58. The molecule has 2 rings (SSSR count). The van der Waals surface area contributed by atoms with Crippen LogP contribution in [0.4, 0.5) is 0 Å². The fourth-order valence-corrected chi connectivity index (χ4v) is 6.25. The zero-order valence-corrected chi connectivity index (χ0v) is 15.3. The Hall–Kier alpha value is -0.670. The van der Waals surface area contributed by atoms with Crippen LogP contribution in [0.2, 0.25) is 0 Å². The Morgan fingerprint density at radius 3 is 2.35 bits per heavy atom. The summed E-state index contributed by atoms with van der Waals surface area (Å²) < 4.78 is 24.8. The topological polar surface area (TPSA) is 55.8 Å². The highest BCUT2D eigenvalue weighted by Crippen LogP contribution is 2.67. The van der Waals surface area contributed by atoms with Gasteiger partial charge in [-0.2, -0.15) is 0 Å². The Balaban J connectivity index is 2.53. The van der Waals surface area contributed by atoms with Gasteiger partial charge >= 0.3 is 7.60 Å². The van der Waals surface area contributed by atoms with Gasteiger partial charge in [-0.05, 0) is 38.2 Å². The molecule has 0 aromatic heterocycles. The van der Waals surface area contributed by atoms with E-state index in [1.54, 1.807) is 0 Å². The summed E-state index contributed by atoms with van der Waals surface area (Å²) in [6.45, 7) is 6.25. The minimum atomic E-state index is -3.47. The molecule has 1 aromatic carbocycles. The second-order valence-electron chi connectivity index (χ2n) is 6.33. The van der Waals surface area contributed by atoms with Crippen molar-refractivity contribution in [2.45, 2.75) is 57.7 Å². The van der Waals surface area contributed by atoms with Crippen molar-refractivity contribution in [3.63, 3.8) is 0 Å². The minimum Gasteiger partial charge on any atom is -0.388 e. The average Bonchev–Trinajstić information content (AvgIpc) is 2.52. The molecule has 0 radical (unpaired) electrons. The lowest BCUT2D eigenvalue weighted by atomic mass is 9.73. The molecule has 130 valence electrons. The number of benzene rings is 1. The second-order valence-corrected chi connectivity index (χ2v) is 8.44. The van der Waals surface area contributed by atoms with Gasteiger partial charge in [0.1, 0.15) is 5.66 Å². The Bertz CT molecular complexity index is 523. The highest BCUT2D eigenvalue weighted by atomic mass is 31.2. The Kier molecular flexibility index (Phi) is 6.44. The lowest BCUT2D eigenvalue weighted by Crippen LogP contribution is -2.45. The zero-order valence-electron chi connectivity index (χ0n) is 14.4. The summed E-state index contributed by atoms with van der Waals surface area (Å²) in [5.74, 6) is 0.0516. The Morgan fingerprint density at radius 2 is 1.83 bits per heavy atom. The molecule has 1 saturated carbocycles. The van der Waals surface area contributed by atoms with Crippen LogP contribution in [0.1, 0.15) is 57.7 Å². The van der Waals surface area contributed by atoms with Crippen molar-refractivity contribution in [1.29, 1.82) is 0 Å². The fraction of sp³-hybridized carbons (Fsp3) is 0.667. The average molecular weight is 340 g/mol. The van der Waals surface area contributed by atoms with E-state index in [-0.39, 0.29) is 5.92 Å². The van der Waals surface area contributed by atoms with Crippen LogP contribution < -0.4 is 0 Å². The summed E-state index contributed by atoms with van der Waals surface area (Å²) >= 11 is 0. The first-order chi connectivity index (χ1) is 11.0. The van der Waals surface area contributed by atoms with Gasteiger partial charge in [-0.15, -0.1) is 0 Å². The predicted molar refractivity (Wildman–Crippen MR) is 92.6 cm³/mol. The largest absolute Gasteiger partial charge is 0.388 e. The van der Waals surface area contributed by atoms with Gasteiger partial charge < -0.3 is 14.2 Å². The summed E-state index contributed by atoms with van der Waals surface area (Å²) in [6, 6.07) is 9.55. The van der Waals surface area contributed by atoms with Gasteiger partial charge in [-0.1, -0.05) is 50.1 Å². The maximum atomic E-state index is 13.6. The van der Waals surface area contributed by atoms with Gasteiger partial charge in [0.25, 0.3) is 0 Å². The molecular formula is C18H29O4P. The molecule has 0 amide bonds. The summed E-state index contributed by atoms with van der Waals surface area (Å²) in [5.41, 5.74) is -0.889. The van der Waals surface area contributed by atoms with Crippen LogP contribution in [-0.2, 0) is 13.6 Å². The molecule has 0 bridgehead atoms. The second kappa shape index (κ2) is 7.94. The molecule has 1 aromatic rings. The molecule has 4 nitrogen and oxygen atoms in total. The quantitative estimate of drug-likeness (QED) is 0.715. The third kappa shape index (κ3) is 3.88. The zero-order chi connectivity index (χ0) is 16.9. The van der Waals surface area contributed by atoms with Crippen LogP contribution in [-0.4, -0.2) is 23.9 Å². The number of rotatable bonds is 7. The van der Waals surface area contributed by atoms with Crippen LogP contribution in [0.25, 0.3) is 0 Å². The first-order valence-electron chi connectivity index (χ1n) is 8.64. The van der Waals surface area contributed by atoms with E-state index in [1.165, 1.54) is 0 Å². The lowest BCUT2D eigenvalue weighted by Gasteiger charge is -2.45. The number of aliphatic hydroxyl groups is 1. The van der Waals surface area contributed by atoms with Crippen LogP contribution in [0.15, 0.2) is 30.3 Å². The van der Waals surface area contributed by atoms with E-state index in [0.29, 0.717) is 19.6 Å². The highest BCUT2D eigenvalue weighted by Gasteiger charge is 2.53. The van der Waals surface area contributed by atoms with E-state index < -0.39 is 18.9 Å². The van der Waals surface area contributed by atoms with E-state index in [2.05, 4.69) is 0 Å². The minimum absolute atomic E-state index is 0.0516. The van der Waals surface area contributed by atoms with Gasteiger partial charge in [0.15, 0.2) is 0 Å². The normalized spacial score (nSPS) is 26.9. The highest BCUT2D eigenvalue weighted by molar-refractivity contribution is 7.54. The number of hydrogen-bond donors (Lipinski definition) is 1. The van der Waals surface area contributed by atoms with Crippen molar-refractivity contribution in [2.24, 2.45) is 5.92 Å². The van der Waals surface area contributed by atoms with E-state index in [9.17, 15) is 9.67 Å². The fourth-order valence-electron chi connectivity index (χ4n) is 3.69. The molecule has 3 unspecified atom stereocenters. The summed E-state index contributed by atoms with van der Waals surface area (Å²) in [7, 11) is -3.47. The van der Waals surface area contributed by atoms with Crippen LogP contribution in [0, 0.1) is 5.92 Å². The van der Waals surface area contributed by atoms with E-state index in [4.69, 9.17) is 9.05 Å². The molecule has 1 fully saturated rings. The SMILES string of the molecule is CCOP(=O)(OCC)C(c1ccccc1)C1(O)CCCCC1C. The van der Waals surface area contributed by atoms with Gasteiger partial charge in [0.2, 0.25) is 0 Å². The molecule has 0 saturated heterocycles. The molecule has 1 N–H and O–H groups in total. The first-order valence-corrected chi connectivity index (χ1v) is 10.2. The number of hydrogen-bond acceptors (Lipinski definition) is 4. The Labute approximate surface area is 139 Å². The molecule has 3 atom stereocenters. The van der Waals surface area contributed by atoms with Crippen molar-refractivity contribution in [2.75, 3.05) is 13.2 Å². The van der Waals surface area contributed by atoms with Gasteiger partial charge in [0.05, 0.1) is 18.8 Å². The molecule has 1 aliphatic rings. The third-order valence-corrected chi connectivity index (χ3v) is 7.45. The van der Waals surface area contributed by atoms with Crippen molar-refractivity contribution < 1.29 is 18.7 Å². The third-order valence-electron chi connectivity index (χ3n) is 4.84. The van der Waals surface area contributed by atoms with E-state index in [1.807, 2.05) is 51.1 Å². The summed E-state index contributed by atoms with van der Waals surface area (Å²) in [4.78, 5) is 0. The van der Waals surface area contributed by atoms with Crippen LogP contribution >= 0.6 is 7.60 Å². The standard InChI is InChI=1S/C18H29O4P/c1-4-21-23(20,22-5-2)17(16-12-7-6-8-13-16)18(19)14-10-9-11-15(18)3/h6-8,12-13,15,17,19H,4-5,9-11,14H2,1-3H3. The monoisotopic (exact) mass is 340 g/mol. The maximum Gasteiger partial charge on any atom is 0.340 e. The van der Waals surface area contributed by atoms with E-state index >= 15 is 0 Å². The molecule has 0 heterocycles. The molecule has 0 aliphatic heterocycles. The van der Waals surface area contributed by atoms with Crippen LogP contribution in [0.5, 0.6) is 0 Å². The van der Waals surface area contributed by atoms with Crippen LogP contribution in [0.3, 0.4) is 0 Å². The van der Waals surface area contributed by atoms with Gasteiger partial charge in [-0.3, -0.25) is 4.57 Å². The van der Waals surface area contributed by atoms with Crippen molar-refractivity contribution in [3.8, 4) is 0 Å². The Morgan fingerprint density at radius 1 is 1.22 bits per heavy atom. The molecular weight excluding hydrogens is 311 g/mol. The van der Waals surface area contributed by atoms with E-state index in [0.717, 1.165) is 24.8 Å². The maximum absolute atomic E-state index is 13.6. The predicted octanol–water partition coefficient (Wildman–Crippen LogP) is 4.94. The lowest BCUT2D eigenvalue weighted by molar-refractivity contribution is -0.0519. The van der Waals surface area contributed by atoms with Gasteiger partial charge in [0, 0.05) is 0 Å². The van der Waals surface area contributed by atoms with Crippen molar-refractivity contribution in [1.82, 2.24) is 0 Å².